The molecule has 0 aliphatic heterocycles. The fourth-order valence-electron chi connectivity index (χ4n) is 2.13. The zero-order valence-electron chi connectivity index (χ0n) is 11.5. The molecule has 2 N–H and O–H groups in total. The lowest BCUT2D eigenvalue weighted by Gasteiger charge is -2.26. The van der Waals surface area contributed by atoms with Crippen molar-refractivity contribution in [3.63, 3.8) is 0 Å². The lowest BCUT2D eigenvalue weighted by molar-refractivity contribution is -0.125. The Hall–Kier alpha value is -2.06. The monoisotopic (exact) mass is 290 g/mol. The average Bonchev–Trinajstić information content (AvgIpc) is 2.77. The maximum atomic E-state index is 11.8. The Balaban J connectivity index is 2.87. The molecule has 0 fully saturated rings. The fraction of sp³-hybridized carbons (Fsp3) is 0.357. The zero-order chi connectivity index (χ0) is 15.1. The Morgan fingerprint density at radius 2 is 2.20 bits per heavy atom. The largest absolute Gasteiger partial charge is 0.368 e. The van der Waals surface area contributed by atoms with Crippen molar-refractivity contribution in [2.45, 2.75) is 31.7 Å². The second-order valence-electron chi connectivity index (χ2n) is 5.16. The number of rotatable bonds is 3. The van der Waals surface area contributed by atoms with Crippen molar-refractivity contribution in [3.8, 4) is 6.07 Å². The minimum Gasteiger partial charge on any atom is -0.368 e. The van der Waals surface area contributed by atoms with Gasteiger partial charge in [0.1, 0.15) is 11.4 Å². The molecule has 1 aromatic carbocycles. The van der Waals surface area contributed by atoms with Crippen molar-refractivity contribution in [1.29, 1.82) is 5.26 Å². The van der Waals surface area contributed by atoms with Gasteiger partial charge in [-0.1, -0.05) is 0 Å². The molecule has 0 saturated heterocycles. The van der Waals surface area contributed by atoms with Gasteiger partial charge in [-0.3, -0.25) is 4.79 Å². The van der Waals surface area contributed by atoms with E-state index in [1.54, 1.807) is 43.5 Å². The van der Waals surface area contributed by atoms with Gasteiger partial charge in [-0.2, -0.15) is 5.26 Å². The van der Waals surface area contributed by atoms with E-state index in [9.17, 15) is 4.79 Å². The number of imidazole rings is 1. The SMILES string of the molecule is CC(Cl)c1nc2ccc(C#N)cc2n1C(C)(C)C(N)=O. The summed E-state index contributed by atoms with van der Waals surface area (Å²) in [6.45, 7) is 5.19. The van der Waals surface area contributed by atoms with E-state index in [1.165, 1.54) is 0 Å². The van der Waals surface area contributed by atoms with Crippen LogP contribution in [0, 0.1) is 11.3 Å². The molecule has 2 aromatic rings. The smallest absolute Gasteiger partial charge is 0.243 e. The molecule has 1 aromatic heterocycles. The first-order chi connectivity index (χ1) is 9.28. The predicted molar refractivity (Wildman–Crippen MR) is 77.2 cm³/mol. The number of halogens is 1. The number of nitrogens with zero attached hydrogens (tertiary/aromatic N) is 3. The first-order valence-electron chi connectivity index (χ1n) is 6.16. The molecule has 1 heterocycles. The van der Waals surface area contributed by atoms with Gasteiger partial charge in [0.2, 0.25) is 5.91 Å². The molecule has 6 heteroatoms. The zero-order valence-corrected chi connectivity index (χ0v) is 12.3. The molecule has 5 nitrogen and oxygen atoms in total. The molecule has 0 saturated carbocycles. The van der Waals surface area contributed by atoms with Gasteiger partial charge in [-0.25, -0.2) is 4.98 Å². The number of carbonyl (C=O) groups excluding carboxylic acids is 1. The van der Waals surface area contributed by atoms with Crippen molar-refractivity contribution in [1.82, 2.24) is 9.55 Å². The van der Waals surface area contributed by atoms with Gasteiger partial charge in [0.05, 0.1) is 28.0 Å². The van der Waals surface area contributed by atoms with Gasteiger partial charge in [0.25, 0.3) is 0 Å². The van der Waals surface area contributed by atoms with Crippen molar-refractivity contribution >= 4 is 28.5 Å². The van der Waals surface area contributed by atoms with Crippen LogP contribution in [0.25, 0.3) is 11.0 Å². The standard InChI is InChI=1S/C14H15ClN4O/c1-8(15)12-18-10-5-4-9(7-16)6-11(10)19(12)14(2,3)13(17)20/h4-6,8H,1-3H3,(H2,17,20). The molecule has 2 rings (SSSR count). The number of carbonyl (C=O) groups is 1. The van der Waals surface area contributed by atoms with E-state index in [-0.39, 0.29) is 5.38 Å². The number of fused-ring (bicyclic) bond motifs is 1. The summed E-state index contributed by atoms with van der Waals surface area (Å²) < 4.78 is 1.71. The number of nitrogens with two attached hydrogens (primary N) is 1. The van der Waals surface area contributed by atoms with Crippen molar-refractivity contribution < 1.29 is 4.79 Å². The summed E-state index contributed by atoms with van der Waals surface area (Å²) in [4.78, 5) is 16.2. The van der Waals surface area contributed by atoms with E-state index in [0.717, 1.165) is 0 Å². The van der Waals surface area contributed by atoms with Crippen LogP contribution in [0.3, 0.4) is 0 Å². The van der Waals surface area contributed by atoms with Crippen LogP contribution in [0.15, 0.2) is 18.2 Å². The molecule has 0 aliphatic carbocycles. The van der Waals surface area contributed by atoms with E-state index < -0.39 is 11.4 Å². The second kappa shape index (κ2) is 4.80. The Bertz CT molecular complexity index is 725. The highest BCUT2D eigenvalue weighted by Crippen LogP contribution is 2.31. The van der Waals surface area contributed by atoms with Crippen LogP contribution in [0.4, 0.5) is 0 Å². The lowest BCUT2D eigenvalue weighted by Crippen LogP contribution is -2.42. The summed E-state index contributed by atoms with van der Waals surface area (Å²) in [5.41, 5.74) is 6.36. The number of hydrogen-bond acceptors (Lipinski definition) is 3. The van der Waals surface area contributed by atoms with Crippen molar-refractivity contribution in [3.05, 3.63) is 29.6 Å². The molecule has 104 valence electrons. The van der Waals surface area contributed by atoms with Crippen LogP contribution >= 0.6 is 11.6 Å². The second-order valence-corrected chi connectivity index (χ2v) is 5.81. The first-order valence-corrected chi connectivity index (χ1v) is 6.59. The number of aromatic nitrogens is 2. The highest BCUT2D eigenvalue weighted by Gasteiger charge is 2.32. The Morgan fingerprint density at radius 3 is 2.70 bits per heavy atom. The normalized spacial score (nSPS) is 13.2. The van der Waals surface area contributed by atoms with Gasteiger partial charge >= 0.3 is 0 Å². The summed E-state index contributed by atoms with van der Waals surface area (Å²) in [7, 11) is 0. The van der Waals surface area contributed by atoms with E-state index in [0.29, 0.717) is 22.4 Å². The molecule has 1 atom stereocenters. The predicted octanol–water partition coefficient (Wildman–Crippen LogP) is 2.43. The number of nitriles is 1. The summed E-state index contributed by atoms with van der Waals surface area (Å²) >= 11 is 6.16. The Kier molecular flexibility index (Phi) is 3.45. The third-order valence-corrected chi connectivity index (χ3v) is 3.52. The van der Waals surface area contributed by atoms with E-state index in [2.05, 4.69) is 11.1 Å². The highest BCUT2D eigenvalue weighted by molar-refractivity contribution is 6.20. The Labute approximate surface area is 122 Å². The van der Waals surface area contributed by atoms with Gasteiger partial charge < -0.3 is 10.3 Å². The molecule has 20 heavy (non-hydrogen) atoms. The van der Waals surface area contributed by atoms with Gasteiger partial charge in [-0.05, 0) is 39.0 Å². The topological polar surface area (TPSA) is 84.7 Å². The molecule has 0 radical (unpaired) electrons. The van der Waals surface area contributed by atoms with Crippen molar-refractivity contribution in [2.75, 3.05) is 0 Å². The molecule has 1 amide bonds. The van der Waals surface area contributed by atoms with Crippen LogP contribution in [0.5, 0.6) is 0 Å². The van der Waals surface area contributed by atoms with Crippen LogP contribution in [0.1, 0.15) is 37.5 Å². The van der Waals surface area contributed by atoms with E-state index in [4.69, 9.17) is 22.6 Å². The maximum Gasteiger partial charge on any atom is 0.243 e. The number of benzene rings is 1. The molecule has 1 unspecified atom stereocenters. The third kappa shape index (κ3) is 2.12. The lowest BCUT2D eigenvalue weighted by atomic mass is 10.0. The maximum absolute atomic E-state index is 11.8. The quantitative estimate of drug-likeness (QED) is 0.881. The number of hydrogen-bond donors (Lipinski definition) is 1. The van der Waals surface area contributed by atoms with Crippen LogP contribution < -0.4 is 5.73 Å². The number of primary amides is 1. The Morgan fingerprint density at radius 1 is 1.55 bits per heavy atom. The summed E-state index contributed by atoms with van der Waals surface area (Å²) in [6.07, 6.45) is 0. The van der Waals surface area contributed by atoms with E-state index in [1.807, 2.05) is 0 Å². The van der Waals surface area contributed by atoms with Gasteiger partial charge in [-0.15, -0.1) is 11.6 Å². The first kappa shape index (κ1) is 14.4. The molecule has 0 spiro atoms. The fourth-order valence-corrected chi connectivity index (χ4v) is 2.27. The molecular formula is C14H15ClN4O. The number of amides is 1. The van der Waals surface area contributed by atoms with Crippen LogP contribution in [-0.4, -0.2) is 15.5 Å². The molecule has 0 aliphatic rings. The third-order valence-electron chi connectivity index (χ3n) is 3.33. The highest BCUT2D eigenvalue weighted by atomic mass is 35.5. The minimum atomic E-state index is -0.985. The van der Waals surface area contributed by atoms with Gasteiger partial charge in [0.15, 0.2) is 0 Å². The van der Waals surface area contributed by atoms with Crippen molar-refractivity contribution in [2.24, 2.45) is 5.73 Å². The summed E-state index contributed by atoms with van der Waals surface area (Å²) in [5, 5.41) is 8.64. The number of alkyl halides is 1. The van der Waals surface area contributed by atoms with Crippen LogP contribution in [-0.2, 0) is 10.3 Å². The average molecular weight is 291 g/mol. The molecular weight excluding hydrogens is 276 g/mol. The van der Waals surface area contributed by atoms with E-state index >= 15 is 0 Å². The summed E-state index contributed by atoms with van der Waals surface area (Å²) in [6, 6.07) is 7.19. The summed E-state index contributed by atoms with van der Waals surface area (Å²) in [5.74, 6) is 0.0679. The van der Waals surface area contributed by atoms with Gasteiger partial charge in [0, 0.05) is 0 Å². The molecule has 0 bridgehead atoms. The minimum absolute atomic E-state index is 0.383. The van der Waals surface area contributed by atoms with Crippen LogP contribution in [0.2, 0.25) is 0 Å².